The molecule has 1 heterocycles. The first-order chi connectivity index (χ1) is 16.8. The largest absolute Gasteiger partial charge is 0.425 e. The van der Waals surface area contributed by atoms with Gasteiger partial charge < -0.3 is 15.2 Å². The molecule has 7 nitrogen and oxygen atoms in total. The predicted molar refractivity (Wildman–Crippen MR) is 138 cm³/mol. The van der Waals surface area contributed by atoms with E-state index >= 15 is 0 Å². The first-order valence-electron chi connectivity index (χ1n) is 12.2. The number of primary amides is 1. The minimum Gasteiger partial charge on any atom is -0.425 e. The molecule has 2 N–H and O–H groups in total. The molecule has 0 bridgehead atoms. The van der Waals surface area contributed by atoms with Crippen LogP contribution in [0.1, 0.15) is 79.1 Å². The third-order valence-corrected chi connectivity index (χ3v) is 8.50. The van der Waals surface area contributed by atoms with Crippen LogP contribution in [-0.2, 0) is 14.4 Å². The predicted octanol–water partition coefficient (Wildman–Crippen LogP) is 6.35. The molecule has 2 atom stereocenters. The summed E-state index contributed by atoms with van der Waals surface area (Å²) in [5.74, 6) is -1.31. The Morgan fingerprint density at radius 2 is 1.31 bits per heavy atom. The Morgan fingerprint density at radius 3 is 1.63 bits per heavy atom. The minimum atomic E-state index is -0.844. The van der Waals surface area contributed by atoms with Crippen molar-refractivity contribution in [3.63, 3.8) is 0 Å². The van der Waals surface area contributed by atoms with E-state index in [-0.39, 0.29) is 29.3 Å². The summed E-state index contributed by atoms with van der Waals surface area (Å²) in [5, 5.41) is 9.43. The summed E-state index contributed by atoms with van der Waals surface area (Å²) >= 11 is 2.25. The van der Waals surface area contributed by atoms with Gasteiger partial charge in [-0.25, -0.2) is 0 Å². The minimum absolute atomic E-state index is 0.186. The summed E-state index contributed by atoms with van der Waals surface area (Å²) < 4.78 is 11.9. The van der Waals surface area contributed by atoms with E-state index in [2.05, 4.69) is 13.8 Å². The number of hydrogen-bond acceptors (Lipinski definition) is 8. The average molecular weight is 519 g/mol. The smallest absolute Gasteiger partial charge is 0.314 e. The highest BCUT2D eigenvalue weighted by Crippen LogP contribution is 2.59. The second-order valence-corrected chi connectivity index (χ2v) is 10.7. The van der Waals surface area contributed by atoms with E-state index in [1.165, 1.54) is 0 Å². The number of benzene rings is 1. The monoisotopic (exact) mass is 518 g/mol. The van der Waals surface area contributed by atoms with Crippen molar-refractivity contribution in [3.8, 4) is 17.6 Å². The number of nitrogens with two attached hydrogens (primary N) is 1. The maximum Gasteiger partial charge on any atom is 0.314 e. The van der Waals surface area contributed by atoms with E-state index in [0.717, 1.165) is 62.0 Å². The van der Waals surface area contributed by atoms with Crippen molar-refractivity contribution in [2.24, 2.45) is 17.6 Å². The Hall–Kier alpha value is -2.44. The van der Waals surface area contributed by atoms with Gasteiger partial charge in [0.05, 0.1) is 25.9 Å². The Balaban J connectivity index is 2.42. The van der Waals surface area contributed by atoms with Crippen LogP contribution in [0.4, 0.5) is 0 Å². The number of rotatable bonds is 13. The summed E-state index contributed by atoms with van der Waals surface area (Å²) in [5.41, 5.74) is 5.21. The van der Waals surface area contributed by atoms with Crippen LogP contribution in [0.15, 0.2) is 31.7 Å². The van der Waals surface area contributed by atoms with Gasteiger partial charge in [0.25, 0.3) is 5.91 Å². The number of fused-ring (bicyclic) bond motifs is 1. The topological polar surface area (TPSA) is 119 Å². The van der Waals surface area contributed by atoms with E-state index in [9.17, 15) is 19.6 Å². The highest BCUT2D eigenvalue weighted by atomic mass is 32.2. The molecule has 2 unspecified atom stereocenters. The molecule has 0 radical (unpaired) electrons. The molecule has 1 aromatic carbocycles. The average Bonchev–Trinajstić information content (AvgIpc) is 3.27. The van der Waals surface area contributed by atoms with E-state index < -0.39 is 5.91 Å². The molecule has 0 fully saturated rings. The molecule has 1 amide bonds. The quantitative estimate of drug-likeness (QED) is 0.139. The zero-order valence-corrected chi connectivity index (χ0v) is 22.5. The highest BCUT2D eigenvalue weighted by Gasteiger charge is 2.32. The normalized spacial score (nSPS) is 14.0. The summed E-state index contributed by atoms with van der Waals surface area (Å²) in [6.45, 7) is 8.05. The second kappa shape index (κ2) is 14.2. The molecular formula is C26H34N2O5S2. The lowest BCUT2D eigenvalue weighted by atomic mass is 10.00. The molecule has 2 rings (SSSR count). The fourth-order valence-corrected chi connectivity index (χ4v) is 6.24. The molecule has 190 valence electrons. The number of nitrogens with zero attached hydrogens (tertiary/aromatic N) is 1. The fraction of sp³-hybridized carbons (Fsp3) is 0.538. The van der Waals surface area contributed by atoms with Crippen molar-refractivity contribution >= 4 is 41.4 Å². The number of carbonyl (C=O) groups excluding carboxylic acids is 3. The molecule has 0 spiro atoms. The fourth-order valence-electron chi connectivity index (χ4n) is 3.65. The van der Waals surface area contributed by atoms with Gasteiger partial charge in [0.1, 0.15) is 23.1 Å². The number of esters is 2. The molecule has 0 saturated heterocycles. The first kappa shape index (κ1) is 28.8. The van der Waals surface area contributed by atoms with Gasteiger partial charge in [-0.2, -0.15) is 5.26 Å². The van der Waals surface area contributed by atoms with Crippen molar-refractivity contribution in [1.29, 1.82) is 5.26 Å². The Morgan fingerprint density at radius 1 is 0.886 bits per heavy atom. The standard InChI is InChI=1S/C26H34N2O5S2/c1-5-9-11-16(7-3)24(30)32-19-13-14-20(33-25(31)17(8-4)12-10-6-2)22-21(19)34-26(35-22)18(15-27)23(28)29/h13-14,16-17H,5-12H2,1-4H3,(H2,28,29). The van der Waals surface area contributed by atoms with Crippen molar-refractivity contribution in [2.45, 2.75) is 88.9 Å². The van der Waals surface area contributed by atoms with Gasteiger partial charge in [-0.3, -0.25) is 14.4 Å². The number of nitriles is 1. The van der Waals surface area contributed by atoms with Crippen molar-refractivity contribution in [2.75, 3.05) is 0 Å². The summed E-state index contributed by atoms with van der Waals surface area (Å²) in [6.07, 6.45) is 6.65. The van der Waals surface area contributed by atoms with E-state index in [4.69, 9.17) is 15.2 Å². The number of carbonyl (C=O) groups is 3. The van der Waals surface area contributed by atoms with E-state index in [1.54, 1.807) is 12.1 Å². The summed E-state index contributed by atoms with van der Waals surface area (Å²) in [6, 6.07) is 5.05. The number of ether oxygens (including phenoxy) is 2. The second-order valence-electron chi connectivity index (χ2n) is 8.40. The van der Waals surface area contributed by atoms with Gasteiger partial charge in [-0.05, 0) is 37.8 Å². The van der Waals surface area contributed by atoms with Gasteiger partial charge in [-0.1, -0.05) is 76.9 Å². The lowest BCUT2D eigenvalue weighted by Gasteiger charge is -2.17. The third-order valence-electron chi connectivity index (χ3n) is 5.88. The Labute approximate surface area is 216 Å². The van der Waals surface area contributed by atoms with Gasteiger partial charge in [-0.15, -0.1) is 0 Å². The number of amides is 1. The van der Waals surface area contributed by atoms with Crippen molar-refractivity contribution in [3.05, 3.63) is 21.9 Å². The molecule has 0 aliphatic carbocycles. The van der Waals surface area contributed by atoms with Gasteiger partial charge in [0.2, 0.25) is 0 Å². The zero-order chi connectivity index (χ0) is 26.0. The molecular weight excluding hydrogens is 484 g/mol. The molecule has 35 heavy (non-hydrogen) atoms. The zero-order valence-electron chi connectivity index (χ0n) is 20.8. The third kappa shape index (κ3) is 7.52. The lowest BCUT2D eigenvalue weighted by molar-refractivity contribution is -0.140. The maximum absolute atomic E-state index is 12.9. The van der Waals surface area contributed by atoms with Crippen LogP contribution in [0, 0.1) is 23.2 Å². The van der Waals surface area contributed by atoms with Gasteiger partial charge >= 0.3 is 11.9 Å². The molecule has 1 aromatic rings. The van der Waals surface area contributed by atoms with Gasteiger partial charge in [0, 0.05) is 0 Å². The van der Waals surface area contributed by atoms with E-state index in [0.29, 0.717) is 38.4 Å². The molecule has 0 saturated carbocycles. The molecule has 0 aromatic heterocycles. The van der Waals surface area contributed by atoms with E-state index in [1.807, 2.05) is 19.9 Å². The number of thioether (sulfide) groups is 2. The highest BCUT2D eigenvalue weighted by molar-refractivity contribution is 8.24. The number of hydrogen-bond donors (Lipinski definition) is 1. The van der Waals surface area contributed by atoms with Crippen molar-refractivity contribution in [1.82, 2.24) is 0 Å². The molecule has 1 aliphatic rings. The van der Waals surface area contributed by atoms with Crippen LogP contribution < -0.4 is 15.2 Å². The van der Waals surface area contributed by atoms with Crippen LogP contribution in [0.25, 0.3) is 0 Å². The van der Waals surface area contributed by atoms with Crippen LogP contribution in [0.3, 0.4) is 0 Å². The maximum atomic E-state index is 12.9. The molecule has 9 heteroatoms. The Kier molecular flexibility index (Phi) is 11.7. The lowest BCUT2D eigenvalue weighted by Crippen LogP contribution is -2.21. The molecule has 1 aliphatic heterocycles. The summed E-state index contributed by atoms with van der Waals surface area (Å²) in [4.78, 5) is 38.6. The van der Waals surface area contributed by atoms with Crippen LogP contribution in [-0.4, -0.2) is 17.8 Å². The Bertz CT molecular complexity index is 955. The van der Waals surface area contributed by atoms with Crippen LogP contribution >= 0.6 is 23.5 Å². The van der Waals surface area contributed by atoms with Crippen LogP contribution in [0.2, 0.25) is 0 Å². The van der Waals surface area contributed by atoms with Crippen molar-refractivity contribution < 1.29 is 23.9 Å². The summed E-state index contributed by atoms with van der Waals surface area (Å²) in [7, 11) is 0. The first-order valence-corrected chi connectivity index (χ1v) is 13.8. The van der Waals surface area contributed by atoms with Crippen LogP contribution in [0.5, 0.6) is 11.5 Å². The number of unbranched alkanes of at least 4 members (excludes halogenated alkanes) is 2. The van der Waals surface area contributed by atoms with Gasteiger partial charge in [0.15, 0.2) is 0 Å². The SMILES string of the molecule is CCCCC(CC)C(=O)Oc1ccc(OC(=O)C(CC)CCCC)c2c1SC(=C(C#N)C(N)=O)S2.